The summed E-state index contributed by atoms with van der Waals surface area (Å²) in [5.41, 5.74) is 0.659. The van der Waals surface area contributed by atoms with Crippen LogP contribution in [0.5, 0.6) is 0 Å². The molecule has 1 fully saturated rings. The van der Waals surface area contributed by atoms with Crippen molar-refractivity contribution < 1.29 is 4.79 Å². The minimum Gasteiger partial charge on any atom is -0.370 e. The van der Waals surface area contributed by atoms with Crippen LogP contribution in [0.3, 0.4) is 0 Å². The minimum atomic E-state index is -0.0274. The Morgan fingerprint density at radius 1 is 1.38 bits per heavy atom. The van der Waals surface area contributed by atoms with Gasteiger partial charge >= 0.3 is 0 Å². The van der Waals surface area contributed by atoms with Crippen molar-refractivity contribution in [3.05, 3.63) is 23.9 Å². The Bertz CT molecular complexity index is 457. The fourth-order valence-corrected chi connectivity index (χ4v) is 2.68. The van der Waals surface area contributed by atoms with Gasteiger partial charge in [-0.3, -0.25) is 9.69 Å². The second-order valence-electron chi connectivity index (χ2n) is 5.62. The van der Waals surface area contributed by atoms with E-state index in [4.69, 9.17) is 0 Å². The Kier molecular flexibility index (Phi) is 5.99. The Labute approximate surface area is 127 Å². The van der Waals surface area contributed by atoms with E-state index >= 15 is 0 Å². The zero-order chi connectivity index (χ0) is 15.1. The molecule has 2 rings (SSSR count). The number of carbonyl (C=O) groups excluding carboxylic acids is 1. The highest BCUT2D eigenvalue weighted by Gasteiger charge is 2.17. The van der Waals surface area contributed by atoms with Gasteiger partial charge in [0.1, 0.15) is 5.82 Å². The van der Waals surface area contributed by atoms with Gasteiger partial charge in [-0.05, 0) is 51.9 Å². The first-order valence-electron chi connectivity index (χ1n) is 7.93. The lowest BCUT2D eigenvalue weighted by molar-refractivity contribution is 0.0930. The summed E-state index contributed by atoms with van der Waals surface area (Å²) in [5, 5.41) is 6.15. The molecule has 5 nitrogen and oxygen atoms in total. The standard InChI is InChI=1S/C16H26N4O/c1-3-17-15-11-14(7-8-18-15)16(21)19-12-13(2)20-9-5-4-6-10-20/h7-8,11,13H,3-6,9-10,12H2,1-2H3,(H,17,18)(H,19,21). The van der Waals surface area contributed by atoms with Gasteiger partial charge in [-0.15, -0.1) is 0 Å². The highest BCUT2D eigenvalue weighted by Crippen LogP contribution is 2.12. The molecular weight excluding hydrogens is 264 g/mol. The van der Waals surface area contributed by atoms with E-state index in [2.05, 4.69) is 27.4 Å². The van der Waals surface area contributed by atoms with E-state index in [1.807, 2.05) is 6.92 Å². The van der Waals surface area contributed by atoms with Crippen LogP contribution < -0.4 is 10.6 Å². The number of nitrogens with zero attached hydrogens (tertiary/aromatic N) is 2. The van der Waals surface area contributed by atoms with Crippen molar-refractivity contribution in [2.75, 3.05) is 31.5 Å². The Morgan fingerprint density at radius 2 is 2.14 bits per heavy atom. The quantitative estimate of drug-likeness (QED) is 0.842. The Morgan fingerprint density at radius 3 is 2.86 bits per heavy atom. The van der Waals surface area contributed by atoms with Crippen LogP contribution in [0.1, 0.15) is 43.5 Å². The minimum absolute atomic E-state index is 0.0274. The zero-order valence-electron chi connectivity index (χ0n) is 13.1. The third-order valence-corrected chi connectivity index (χ3v) is 3.95. The van der Waals surface area contributed by atoms with Gasteiger partial charge in [0.2, 0.25) is 0 Å². The zero-order valence-corrected chi connectivity index (χ0v) is 13.1. The first-order valence-corrected chi connectivity index (χ1v) is 7.93. The van der Waals surface area contributed by atoms with Gasteiger partial charge in [0, 0.05) is 30.9 Å². The third-order valence-electron chi connectivity index (χ3n) is 3.95. The molecule has 1 saturated heterocycles. The Hall–Kier alpha value is -1.62. The molecule has 0 saturated carbocycles. The number of aromatic nitrogens is 1. The van der Waals surface area contributed by atoms with Crippen LogP contribution in [0.25, 0.3) is 0 Å². The van der Waals surface area contributed by atoms with Crippen LogP contribution in [0.15, 0.2) is 18.3 Å². The highest BCUT2D eigenvalue weighted by atomic mass is 16.1. The molecule has 0 spiro atoms. The summed E-state index contributed by atoms with van der Waals surface area (Å²) in [7, 11) is 0. The summed E-state index contributed by atoms with van der Waals surface area (Å²) in [4.78, 5) is 18.8. The molecule has 21 heavy (non-hydrogen) atoms. The predicted octanol–water partition coefficient (Wildman–Crippen LogP) is 2.12. The van der Waals surface area contributed by atoms with Gasteiger partial charge in [-0.1, -0.05) is 6.42 Å². The van der Waals surface area contributed by atoms with E-state index in [1.165, 1.54) is 19.3 Å². The number of carbonyl (C=O) groups is 1. The van der Waals surface area contributed by atoms with E-state index in [1.54, 1.807) is 18.3 Å². The van der Waals surface area contributed by atoms with Crippen molar-refractivity contribution in [3.63, 3.8) is 0 Å². The number of nitrogens with one attached hydrogen (secondary N) is 2. The maximum Gasteiger partial charge on any atom is 0.251 e. The molecule has 116 valence electrons. The predicted molar refractivity (Wildman–Crippen MR) is 85.6 cm³/mol. The maximum absolute atomic E-state index is 12.2. The number of piperidine rings is 1. The van der Waals surface area contributed by atoms with Gasteiger partial charge < -0.3 is 10.6 Å². The first kappa shape index (κ1) is 15.8. The molecule has 0 bridgehead atoms. The normalized spacial score (nSPS) is 17.2. The largest absolute Gasteiger partial charge is 0.370 e. The van der Waals surface area contributed by atoms with Crippen molar-refractivity contribution in [1.29, 1.82) is 0 Å². The fourth-order valence-electron chi connectivity index (χ4n) is 2.68. The van der Waals surface area contributed by atoms with Gasteiger partial charge in [0.25, 0.3) is 5.91 Å². The summed E-state index contributed by atoms with van der Waals surface area (Å²) in [6.45, 7) is 7.98. The molecule has 1 aromatic heterocycles. The van der Waals surface area contributed by atoms with Crippen molar-refractivity contribution in [3.8, 4) is 0 Å². The molecule has 1 aromatic rings. The van der Waals surface area contributed by atoms with Gasteiger partial charge in [-0.25, -0.2) is 4.98 Å². The lowest BCUT2D eigenvalue weighted by Gasteiger charge is -2.32. The molecule has 1 atom stereocenters. The lowest BCUT2D eigenvalue weighted by atomic mass is 10.1. The number of anilines is 1. The molecule has 0 aliphatic carbocycles. The van der Waals surface area contributed by atoms with Crippen molar-refractivity contribution in [1.82, 2.24) is 15.2 Å². The number of amides is 1. The molecule has 0 radical (unpaired) electrons. The second kappa shape index (κ2) is 7.98. The van der Waals surface area contributed by atoms with Crippen molar-refractivity contribution >= 4 is 11.7 Å². The number of hydrogen-bond acceptors (Lipinski definition) is 4. The van der Waals surface area contributed by atoms with E-state index < -0.39 is 0 Å². The molecule has 1 aliphatic heterocycles. The molecule has 5 heteroatoms. The van der Waals surface area contributed by atoms with Gasteiger partial charge in [0.05, 0.1) is 0 Å². The molecule has 2 heterocycles. The fraction of sp³-hybridized carbons (Fsp3) is 0.625. The number of pyridine rings is 1. The molecule has 1 amide bonds. The summed E-state index contributed by atoms with van der Waals surface area (Å²) in [5.74, 6) is 0.717. The van der Waals surface area contributed by atoms with E-state index in [0.717, 1.165) is 25.5 Å². The van der Waals surface area contributed by atoms with E-state index in [0.29, 0.717) is 18.2 Å². The van der Waals surface area contributed by atoms with Crippen molar-refractivity contribution in [2.24, 2.45) is 0 Å². The van der Waals surface area contributed by atoms with Crippen LogP contribution in [0.2, 0.25) is 0 Å². The molecule has 1 unspecified atom stereocenters. The third kappa shape index (κ3) is 4.70. The van der Waals surface area contributed by atoms with E-state index in [9.17, 15) is 4.79 Å². The second-order valence-corrected chi connectivity index (χ2v) is 5.62. The van der Waals surface area contributed by atoms with Gasteiger partial charge in [0.15, 0.2) is 0 Å². The number of hydrogen-bond donors (Lipinski definition) is 2. The van der Waals surface area contributed by atoms with Crippen LogP contribution in [-0.4, -0.2) is 48.0 Å². The first-order chi connectivity index (χ1) is 10.2. The van der Waals surface area contributed by atoms with Crippen molar-refractivity contribution in [2.45, 2.75) is 39.2 Å². The van der Waals surface area contributed by atoms with Crippen LogP contribution in [0.4, 0.5) is 5.82 Å². The van der Waals surface area contributed by atoms with E-state index in [-0.39, 0.29) is 5.91 Å². The van der Waals surface area contributed by atoms with Crippen LogP contribution in [0, 0.1) is 0 Å². The molecule has 0 aromatic carbocycles. The maximum atomic E-state index is 12.2. The monoisotopic (exact) mass is 290 g/mol. The SMILES string of the molecule is CCNc1cc(C(=O)NCC(C)N2CCCCC2)ccn1. The summed E-state index contributed by atoms with van der Waals surface area (Å²) >= 11 is 0. The summed E-state index contributed by atoms with van der Waals surface area (Å²) in [6.07, 6.45) is 5.55. The number of likely N-dealkylation sites (tertiary alicyclic amines) is 1. The van der Waals surface area contributed by atoms with Crippen LogP contribution >= 0.6 is 0 Å². The molecule has 1 aliphatic rings. The molecule has 2 N–H and O–H groups in total. The van der Waals surface area contributed by atoms with Crippen LogP contribution in [-0.2, 0) is 0 Å². The average Bonchev–Trinajstić information content (AvgIpc) is 2.53. The topological polar surface area (TPSA) is 57.3 Å². The summed E-state index contributed by atoms with van der Waals surface area (Å²) < 4.78 is 0. The Balaban J connectivity index is 1.84. The van der Waals surface area contributed by atoms with Gasteiger partial charge in [-0.2, -0.15) is 0 Å². The average molecular weight is 290 g/mol. The highest BCUT2D eigenvalue weighted by molar-refractivity contribution is 5.94. The molecular formula is C16H26N4O. The number of rotatable bonds is 6. The summed E-state index contributed by atoms with van der Waals surface area (Å²) in [6, 6.07) is 3.94. The lowest BCUT2D eigenvalue weighted by Crippen LogP contribution is -2.44. The smallest absolute Gasteiger partial charge is 0.251 e.